The molecule has 2 amide bonds. The molecule has 2 heterocycles. The summed E-state index contributed by atoms with van der Waals surface area (Å²) in [7, 11) is 0. The van der Waals surface area contributed by atoms with Crippen molar-refractivity contribution < 1.29 is 14.3 Å². The summed E-state index contributed by atoms with van der Waals surface area (Å²) in [6, 6.07) is 7.53. The second-order valence-electron chi connectivity index (χ2n) is 6.23. The summed E-state index contributed by atoms with van der Waals surface area (Å²) in [5.74, 6) is -0.301. The number of benzene rings is 1. The average molecular weight is 380 g/mol. The normalized spacial score (nSPS) is 19.8. The number of carbonyl (C=O) groups is 2. The molecule has 1 aliphatic heterocycles. The molecule has 2 atom stereocenters. The zero-order valence-corrected chi connectivity index (χ0v) is 15.4. The molecule has 8 nitrogen and oxygen atoms in total. The minimum atomic E-state index is -0.222. The fourth-order valence-electron chi connectivity index (χ4n) is 3.20. The van der Waals surface area contributed by atoms with Gasteiger partial charge in [0, 0.05) is 32.2 Å². The summed E-state index contributed by atoms with van der Waals surface area (Å²) in [5, 5.41) is 10.9. The Morgan fingerprint density at radius 1 is 1.35 bits per heavy atom. The van der Waals surface area contributed by atoms with Crippen LogP contribution in [0, 0.1) is 5.92 Å². The number of aromatic nitrogens is 3. The summed E-state index contributed by atoms with van der Waals surface area (Å²) in [6.45, 7) is 4.06. The lowest BCUT2D eigenvalue weighted by Crippen LogP contribution is -2.36. The molecule has 9 heteroatoms. The van der Waals surface area contributed by atoms with Crippen LogP contribution in [0.2, 0.25) is 0 Å². The lowest BCUT2D eigenvalue weighted by molar-refractivity contribution is -0.131. The number of fused-ring (bicyclic) bond motifs is 1. The molecule has 0 radical (unpaired) electrons. The van der Waals surface area contributed by atoms with Crippen molar-refractivity contribution in [1.29, 1.82) is 0 Å². The maximum absolute atomic E-state index is 12.7. The molecular formula is C17H22ClN5O3. The Bertz CT molecular complexity index is 781. The van der Waals surface area contributed by atoms with E-state index in [-0.39, 0.29) is 36.3 Å². The van der Waals surface area contributed by atoms with E-state index < -0.39 is 0 Å². The van der Waals surface area contributed by atoms with Gasteiger partial charge in [0.05, 0.1) is 11.6 Å². The number of amides is 2. The van der Waals surface area contributed by atoms with Crippen LogP contribution in [-0.2, 0) is 20.9 Å². The SMILES string of the molecule is CCO[C@@H]1CN(C(=O)Cn2nnc3ccccc32)C[C@H]1CNC(=O)CCl. The third-order valence-electron chi connectivity index (χ3n) is 4.50. The van der Waals surface area contributed by atoms with E-state index in [4.69, 9.17) is 16.3 Å². The van der Waals surface area contributed by atoms with Gasteiger partial charge >= 0.3 is 0 Å². The zero-order valence-electron chi connectivity index (χ0n) is 14.6. The van der Waals surface area contributed by atoms with Crippen LogP contribution in [0.15, 0.2) is 24.3 Å². The quantitative estimate of drug-likeness (QED) is 0.713. The first-order chi connectivity index (χ1) is 12.6. The van der Waals surface area contributed by atoms with Gasteiger partial charge in [-0.05, 0) is 19.1 Å². The van der Waals surface area contributed by atoms with Crippen molar-refractivity contribution in [3.05, 3.63) is 24.3 Å². The van der Waals surface area contributed by atoms with E-state index in [2.05, 4.69) is 15.6 Å². The molecule has 0 unspecified atom stereocenters. The number of nitrogens with one attached hydrogen (secondary N) is 1. The van der Waals surface area contributed by atoms with Gasteiger partial charge in [0.15, 0.2) is 0 Å². The van der Waals surface area contributed by atoms with Gasteiger partial charge in [0.1, 0.15) is 17.9 Å². The fraction of sp³-hybridized carbons (Fsp3) is 0.529. The fourth-order valence-corrected chi connectivity index (χ4v) is 3.29. The molecule has 2 aromatic rings. The predicted molar refractivity (Wildman–Crippen MR) is 96.7 cm³/mol. The number of hydrogen-bond acceptors (Lipinski definition) is 5. The van der Waals surface area contributed by atoms with Gasteiger partial charge in [-0.3, -0.25) is 9.59 Å². The third kappa shape index (κ3) is 4.13. The highest BCUT2D eigenvalue weighted by atomic mass is 35.5. The van der Waals surface area contributed by atoms with E-state index >= 15 is 0 Å². The van der Waals surface area contributed by atoms with Gasteiger partial charge in [0.25, 0.3) is 0 Å². The first-order valence-corrected chi connectivity index (χ1v) is 9.16. The third-order valence-corrected chi connectivity index (χ3v) is 4.75. The Hall–Kier alpha value is -2.19. The number of rotatable bonds is 7. The first kappa shape index (κ1) is 18.6. The highest BCUT2D eigenvalue weighted by Gasteiger charge is 2.36. The van der Waals surface area contributed by atoms with E-state index in [1.54, 1.807) is 9.58 Å². The van der Waals surface area contributed by atoms with Crippen LogP contribution in [0.25, 0.3) is 11.0 Å². The van der Waals surface area contributed by atoms with Gasteiger partial charge < -0.3 is 15.0 Å². The Balaban J connectivity index is 1.64. The minimum Gasteiger partial charge on any atom is -0.376 e. The molecule has 0 bridgehead atoms. The van der Waals surface area contributed by atoms with Crippen molar-refractivity contribution >= 4 is 34.4 Å². The number of halogens is 1. The topological polar surface area (TPSA) is 89.3 Å². The smallest absolute Gasteiger partial charge is 0.244 e. The maximum atomic E-state index is 12.7. The Morgan fingerprint density at radius 2 is 2.15 bits per heavy atom. The summed E-state index contributed by atoms with van der Waals surface area (Å²) in [4.78, 5) is 25.9. The highest BCUT2D eigenvalue weighted by Crippen LogP contribution is 2.20. The molecule has 1 aromatic heterocycles. The summed E-state index contributed by atoms with van der Waals surface area (Å²) < 4.78 is 7.36. The second-order valence-corrected chi connectivity index (χ2v) is 6.49. The summed E-state index contributed by atoms with van der Waals surface area (Å²) >= 11 is 5.52. The molecule has 0 spiro atoms. The second kappa shape index (κ2) is 8.46. The molecule has 1 saturated heterocycles. The predicted octanol–water partition coefficient (Wildman–Crippen LogP) is 0.650. The highest BCUT2D eigenvalue weighted by molar-refractivity contribution is 6.27. The molecular weight excluding hydrogens is 358 g/mol. The molecule has 1 fully saturated rings. The summed E-state index contributed by atoms with van der Waals surface area (Å²) in [6.07, 6.45) is -0.105. The molecule has 26 heavy (non-hydrogen) atoms. The summed E-state index contributed by atoms with van der Waals surface area (Å²) in [5.41, 5.74) is 1.59. The number of carbonyl (C=O) groups excluding carboxylic acids is 2. The molecule has 0 aliphatic carbocycles. The number of para-hydroxylation sites is 1. The Labute approximate surface area is 156 Å². The van der Waals surface area contributed by atoms with Crippen LogP contribution in [0.5, 0.6) is 0 Å². The van der Waals surface area contributed by atoms with Gasteiger partial charge in [-0.1, -0.05) is 17.3 Å². The molecule has 0 saturated carbocycles. The van der Waals surface area contributed by atoms with Crippen molar-refractivity contribution in [1.82, 2.24) is 25.2 Å². The molecule has 1 aliphatic rings. The zero-order chi connectivity index (χ0) is 18.5. The number of alkyl halides is 1. The number of nitrogens with zero attached hydrogens (tertiary/aromatic N) is 4. The molecule has 1 N–H and O–H groups in total. The van der Waals surface area contributed by atoms with Crippen molar-refractivity contribution in [3.63, 3.8) is 0 Å². The van der Waals surface area contributed by atoms with E-state index in [0.717, 1.165) is 11.0 Å². The molecule has 1 aromatic carbocycles. The lowest BCUT2D eigenvalue weighted by atomic mass is 10.1. The van der Waals surface area contributed by atoms with E-state index in [1.807, 2.05) is 31.2 Å². The Morgan fingerprint density at radius 3 is 2.92 bits per heavy atom. The van der Waals surface area contributed by atoms with Crippen molar-refractivity contribution in [2.75, 3.05) is 32.1 Å². The van der Waals surface area contributed by atoms with Crippen molar-refractivity contribution in [2.24, 2.45) is 5.92 Å². The molecule has 3 rings (SSSR count). The standard InChI is InChI=1S/C17H22ClN5O3/c1-2-26-15-10-22(9-12(15)8-19-16(24)7-18)17(25)11-23-14-6-4-3-5-13(14)20-21-23/h3-6,12,15H,2,7-11H2,1H3,(H,19,24)/t12-,15-/m1/s1. The van der Waals surface area contributed by atoms with E-state index in [1.165, 1.54) is 0 Å². The number of ether oxygens (including phenoxy) is 1. The minimum absolute atomic E-state index is 0.0403. The van der Waals surface area contributed by atoms with Gasteiger partial charge in [-0.15, -0.1) is 16.7 Å². The monoisotopic (exact) mass is 379 g/mol. The molecule has 140 valence electrons. The van der Waals surface area contributed by atoms with Crippen molar-refractivity contribution in [2.45, 2.75) is 19.6 Å². The van der Waals surface area contributed by atoms with Crippen LogP contribution < -0.4 is 5.32 Å². The van der Waals surface area contributed by atoms with Crippen molar-refractivity contribution in [3.8, 4) is 0 Å². The van der Waals surface area contributed by atoms with E-state index in [9.17, 15) is 9.59 Å². The van der Waals surface area contributed by atoms with Gasteiger partial charge in [-0.25, -0.2) is 4.68 Å². The maximum Gasteiger partial charge on any atom is 0.244 e. The number of likely N-dealkylation sites (tertiary alicyclic amines) is 1. The van der Waals surface area contributed by atoms with Crippen LogP contribution in [-0.4, -0.2) is 69.9 Å². The van der Waals surface area contributed by atoms with Crippen LogP contribution in [0.1, 0.15) is 6.92 Å². The van der Waals surface area contributed by atoms with Crippen LogP contribution in [0.3, 0.4) is 0 Å². The first-order valence-electron chi connectivity index (χ1n) is 8.62. The Kier molecular flexibility index (Phi) is 6.05. The lowest BCUT2D eigenvalue weighted by Gasteiger charge is -2.17. The van der Waals surface area contributed by atoms with Crippen LogP contribution >= 0.6 is 11.6 Å². The van der Waals surface area contributed by atoms with E-state index in [0.29, 0.717) is 26.2 Å². The van der Waals surface area contributed by atoms with Gasteiger partial charge in [0.2, 0.25) is 11.8 Å². The largest absolute Gasteiger partial charge is 0.376 e. The average Bonchev–Trinajstić information content (AvgIpc) is 3.24. The number of hydrogen-bond donors (Lipinski definition) is 1. The van der Waals surface area contributed by atoms with Crippen LogP contribution in [0.4, 0.5) is 0 Å². The van der Waals surface area contributed by atoms with Gasteiger partial charge in [-0.2, -0.15) is 0 Å².